The highest BCUT2D eigenvalue weighted by atomic mass is 127. The van der Waals surface area contributed by atoms with Crippen molar-refractivity contribution in [2.75, 3.05) is 31.6 Å². The Kier molecular flexibility index (Phi) is 9.31. The molecular formula is C21H27ClFIN4. The molecule has 0 saturated carbocycles. The van der Waals surface area contributed by atoms with E-state index in [0.717, 1.165) is 31.9 Å². The second-order valence-electron chi connectivity index (χ2n) is 6.69. The fraction of sp³-hybridized carbons (Fsp3) is 0.381. The number of piperidine rings is 1. The van der Waals surface area contributed by atoms with Crippen LogP contribution in [-0.2, 0) is 6.42 Å². The van der Waals surface area contributed by atoms with Gasteiger partial charge in [0.2, 0.25) is 0 Å². The normalized spacial score (nSPS) is 15.1. The number of nitrogens with one attached hydrogen (secondary N) is 2. The van der Waals surface area contributed by atoms with Crippen molar-refractivity contribution >= 4 is 47.2 Å². The molecule has 2 aromatic rings. The molecule has 1 saturated heterocycles. The highest BCUT2D eigenvalue weighted by molar-refractivity contribution is 14.0. The van der Waals surface area contributed by atoms with Gasteiger partial charge in [-0.1, -0.05) is 35.9 Å². The van der Waals surface area contributed by atoms with Crippen LogP contribution in [0.2, 0.25) is 5.02 Å². The molecule has 28 heavy (non-hydrogen) atoms. The van der Waals surface area contributed by atoms with E-state index >= 15 is 0 Å². The van der Waals surface area contributed by atoms with Gasteiger partial charge in [-0.05, 0) is 43.5 Å². The van der Waals surface area contributed by atoms with Crippen LogP contribution in [0.15, 0.2) is 53.5 Å². The van der Waals surface area contributed by atoms with E-state index in [-0.39, 0.29) is 29.8 Å². The van der Waals surface area contributed by atoms with Gasteiger partial charge < -0.3 is 15.5 Å². The molecule has 0 spiro atoms. The maximum atomic E-state index is 13.8. The molecule has 3 rings (SSSR count). The zero-order valence-corrected chi connectivity index (χ0v) is 19.1. The van der Waals surface area contributed by atoms with Crippen molar-refractivity contribution in [1.29, 1.82) is 0 Å². The zero-order valence-electron chi connectivity index (χ0n) is 16.0. The number of guanidine groups is 1. The molecule has 0 aliphatic carbocycles. The van der Waals surface area contributed by atoms with Crippen LogP contribution < -0.4 is 15.5 Å². The van der Waals surface area contributed by atoms with Gasteiger partial charge in [0, 0.05) is 49.0 Å². The number of benzene rings is 2. The number of aliphatic imine (C=N–C) groups is 1. The predicted molar refractivity (Wildman–Crippen MR) is 127 cm³/mol. The molecule has 2 N–H and O–H groups in total. The van der Waals surface area contributed by atoms with Gasteiger partial charge >= 0.3 is 0 Å². The first kappa shape index (κ1) is 22.7. The Morgan fingerprint density at radius 2 is 1.86 bits per heavy atom. The van der Waals surface area contributed by atoms with Gasteiger partial charge in [0.1, 0.15) is 5.82 Å². The summed E-state index contributed by atoms with van der Waals surface area (Å²) in [5.74, 6) is 0.487. The molecule has 2 aromatic carbocycles. The molecule has 4 nitrogen and oxygen atoms in total. The summed E-state index contributed by atoms with van der Waals surface area (Å²) in [6.07, 6.45) is 2.61. The molecule has 1 fully saturated rings. The van der Waals surface area contributed by atoms with Gasteiger partial charge in [-0.25, -0.2) is 4.39 Å². The van der Waals surface area contributed by atoms with Crippen molar-refractivity contribution in [1.82, 2.24) is 10.6 Å². The first-order chi connectivity index (χ1) is 13.2. The molecule has 0 aromatic heterocycles. The van der Waals surface area contributed by atoms with E-state index in [0.29, 0.717) is 29.6 Å². The Morgan fingerprint density at radius 1 is 1.14 bits per heavy atom. The number of rotatable bonds is 5. The minimum atomic E-state index is -0.263. The Morgan fingerprint density at radius 3 is 2.50 bits per heavy atom. The van der Waals surface area contributed by atoms with Crippen LogP contribution in [0.1, 0.15) is 18.4 Å². The molecule has 0 unspecified atom stereocenters. The first-order valence-corrected chi connectivity index (χ1v) is 9.75. The minimum Gasteiger partial charge on any atom is -0.371 e. The standard InChI is InChI=1S/C21H26ClFN4.HI/c1-24-21(25-13-10-18-19(22)8-5-9-20(18)23)26-16-11-14-27(15-12-16)17-6-3-2-4-7-17;/h2-9,16H,10-15H2,1H3,(H2,24,25,26);1H. The smallest absolute Gasteiger partial charge is 0.191 e. The minimum absolute atomic E-state index is 0. The zero-order chi connectivity index (χ0) is 19.1. The molecule has 1 aliphatic rings. The summed E-state index contributed by atoms with van der Waals surface area (Å²) in [5, 5.41) is 7.21. The number of nitrogens with zero attached hydrogens (tertiary/aromatic N) is 2. The molecule has 0 amide bonds. The summed E-state index contributed by atoms with van der Waals surface area (Å²) < 4.78 is 13.8. The molecule has 7 heteroatoms. The van der Waals surface area contributed by atoms with Crippen molar-refractivity contribution in [2.24, 2.45) is 4.99 Å². The van der Waals surface area contributed by atoms with Crippen molar-refractivity contribution in [3.8, 4) is 0 Å². The average Bonchev–Trinajstić information content (AvgIpc) is 2.70. The van der Waals surface area contributed by atoms with E-state index in [4.69, 9.17) is 11.6 Å². The topological polar surface area (TPSA) is 39.7 Å². The summed E-state index contributed by atoms with van der Waals surface area (Å²) in [4.78, 5) is 6.70. The lowest BCUT2D eigenvalue weighted by Gasteiger charge is -2.34. The van der Waals surface area contributed by atoms with Gasteiger partial charge in [0.25, 0.3) is 0 Å². The number of hydrogen-bond acceptors (Lipinski definition) is 2. The maximum absolute atomic E-state index is 13.8. The third kappa shape index (κ3) is 6.24. The SMILES string of the molecule is CN=C(NCCc1c(F)cccc1Cl)NC1CCN(c2ccccc2)CC1.I. The Hall–Kier alpha value is -1.54. The average molecular weight is 517 g/mol. The highest BCUT2D eigenvalue weighted by Gasteiger charge is 2.20. The summed E-state index contributed by atoms with van der Waals surface area (Å²) in [6, 6.07) is 15.7. The largest absolute Gasteiger partial charge is 0.371 e. The number of halogens is 3. The lowest BCUT2D eigenvalue weighted by molar-refractivity contribution is 0.461. The summed E-state index contributed by atoms with van der Waals surface area (Å²) in [6.45, 7) is 2.61. The van der Waals surface area contributed by atoms with Crippen LogP contribution in [0.4, 0.5) is 10.1 Å². The van der Waals surface area contributed by atoms with E-state index in [1.165, 1.54) is 11.8 Å². The van der Waals surface area contributed by atoms with Gasteiger partial charge in [0.05, 0.1) is 0 Å². The summed E-state index contributed by atoms with van der Waals surface area (Å²) in [7, 11) is 1.75. The Bertz CT molecular complexity index is 744. The summed E-state index contributed by atoms with van der Waals surface area (Å²) >= 11 is 6.08. The highest BCUT2D eigenvalue weighted by Crippen LogP contribution is 2.20. The monoisotopic (exact) mass is 516 g/mol. The van der Waals surface area contributed by atoms with Crippen LogP contribution >= 0.6 is 35.6 Å². The quantitative estimate of drug-likeness (QED) is 0.350. The van der Waals surface area contributed by atoms with Crippen LogP contribution in [0.25, 0.3) is 0 Å². The maximum Gasteiger partial charge on any atom is 0.191 e. The third-order valence-electron chi connectivity index (χ3n) is 4.91. The molecular weight excluding hydrogens is 490 g/mol. The van der Waals surface area contributed by atoms with Crippen LogP contribution in [0.3, 0.4) is 0 Å². The molecule has 1 aliphatic heterocycles. The molecule has 1 heterocycles. The lowest BCUT2D eigenvalue weighted by Crippen LogP contribution is -2.49. The fourth-order valence-corrected chi connectivity index (χ4v) is 3.64. The lowest BCUT2D eigenvalue weighted by atomic mass is 10.0. The van der Waals surface area contributed by atoms with E-state index in [1.54, 1.807) is 19.2 Å². The second-order valence-corrected chi connectivity index (χ2v) is 7.10. The van der Waals surface area contributed by atoms with Crippen molar-refractivity contribution in [3.05, 3.63) is 64.9 Å². The van der Waals surface area contributed by atoms with Crippen LogP contribution in [0.5, 0.6) is 0 Å². The first-order valence-electron chi connectivity index (χ1n) is 9.37. The molecule has 0 radical (unpaired) electrons. The molecule has 0 atom stereocenters. The van der Waals surface area contributed by atoms with Gasteiger partial charge in [-0.2, -0.15) is 0 Å². The van der Waals surface area contributed by atoms with Crippen LogP contribution in [-0.4, -0.2) is 38.7 Å². The summed E-state index contributed by atoms with van der Waals surface area (Å²) in [5.41, 5.74) is 1.82. The Balaban J connectivity index is 0.00000280. The number of para-hydroxylation sites is 1. The molecule has 152 valence electrons. The van der Waals surface area contributed by atoms with Crippen molar-refractivity contribution < 1.29 is 4.39 Å². The number of anilines is 1. The van der Waals surface area contributed by atoms with E-state index in [1.807, 2.05) is 6.07 Å². The van der Waals surface area contributed by atoms with Crippen molar-refractivity contribution in [2.45, 2.75) is 25.3 Å². The van der Waals surface area contributed by atoms with Crippen molar-refractivity contribution in [3.63, 3.8) is 0 Å². The fourth-order valence-electron chi connectivity index (χ4n) is 3.39. The number of hydrogen-bond donors (Lipinski definition) is 2. The van der Waals surface area contributed by atoms with E-state index < -0.39 is 0 Å². The van der Waals surface area contributed by atoms with Gasteiger partial charge in [0.15, 0.2) is 5.96 Å². The van der Waals surface area contributed by atoms with Gasteiger partial charge in [-0.3, -0.25) is 4.99 Å². The predicted octanol–water partition coefficient (Wildman–Crippen LogP) is 4.47. The molecule has 0 bridgehead atoms. The second kappa shape index (κ2) is 11.5. The Labute approximate surface area is 188 Å². The van der Waals surface area contributed by atoms with Gasteiger partial charge in [-0.15, -0.1) is 24.0 Å². The van der Waals surface area contributed by atoms with Crippen LogP contribution in [0, 0.1) is 5.82 Å². The third-order valence-corrected chi connectivity index (χ3v) is 5.26. The van der Waals surface area contributed by atoms with E-state index in [2.05, 4.69) is 44.8 Å². The van der Waals surface area contributed by atoms with E-state index in [9.17, 15) is 4.39 Å².